The number of hydrogen-bond donors (Lipinski definition) is 1. The average Bonchev–Trinajstić information content (AvgIpc) is 2.95. The first-order chi connectivity index (χ1) is 10.3. The maximum atomic E-state index is 12.5. The second kappa shape index (κ2) is 6.44. The van der Waals surface area contributed by atoms with Crippen LogP contribution in [0, 0.1) is 5.92 Å². The standard InChI is InChI=1S/C18H24N2O/c1-2-19-17-9-5-7-15(17)11-13-20-12-10-14-6-3-4-8-16(14)18(20)21/h3-4,6,8,10,12,15,17,19H,2,5,7,9,11,13H2,1H3. The van der Waals surface area contributed by atoms with Crippen LogP contribution in [0.15, 0.2) is 41.3 Å². The van der Waals surface area contributed by atoms with Crippen LogP contribution < -0.4 is 10.9 Å². The molecule has 0 saturated heterocycles. The summed E-state index contributed by atoms with van der Waals surface area (Å²) in [7, 11) is 0. The highest BCUT2D eigenvalue weighted by Gasteiger charge is 2.25. The van der Waals surface area contributed by atoms with Gasteiger partial charge in [-0.2, -0.15) is 0 Å². The Labute approximate surface area is 126 Å². The second-order valence-corrected chi connectivity index (χ2v) is 6.05. The largest absolute Gasteiger partial charge is 0.315 e. The van der Waals surface area contributed by atoms with E-state index >= 15 is 0 Å². The van der Waals surface area contributed by atoms with Crippen LogP contribution in [0.25, 0.3) is 10.8 Å². The number of pyridine rings is 1. The first-order valence-corrected chi connectivity index (χ1v) is 8.11. The van der Waals surface area contributed by atoms with Gasteiger partial charge in [0.1, 0.15) is 0 Å². The van der Waals surface area contributed by atoms with Gasteiger partial charge in [0.15, 0.2) is 0 Å². The molecule has 21 heavy (non-hydrogen) atoms. The van der Waals surface area contributed by atoms with Crippen LogP contribution in [0.5, 0.6) is 0 Å². The van der Waals surface area contributed by atoms with E-state index < -0.39 is 0 Å². The van der Waals surface area contributed by atoms with Crippen molar-refractivity contribution in [1.82, 2.24) is 9.88 Å². The van der Waals surface area contributed by atoms with Crippen LogP contribution in [0.2, 0.25) is 0 Å². The molecule has 0 aliphatic heterocycles. The van der Waals surface area contributed by atoms with Gasteiger partial charge in [-0.3, -0.25) is 4.79 Å². The predicted molar refractivity (Wildman–Crippen MR) is 87.6 cm³/mol. The van der Waals surface area contributed by atoms with E-state index in [1.165, 1.54) is 19.3 Å². The highest BCUT2D eigenvalue weighted by Crippen LogP contribution is 2.28. The zero-order chi connectivity index (χ0) is 14.7. The van der Waals surface area contributed by atoms with Gasteiger partial charge in [0.25, 0.3) is 5.56 Å². The van der Waals surface area contributed by atoms with E-state index in [4.69, 9.17) is 0 Å². The molecule has 0 radical (unpaired) electrons. The lowest BCUT2D eigenvalue weighted by atomic mass is 9.99. The molecule has 3 heteroatoms. The number of nitrogens with zero attached hydrogens (tertiary/aromatic N) is 1. The number of hydrogen-bond acceptors (Lipinski definition) is 2. The summed E-state index contributed by atoms with van der Waals surface area (Å²) in [5.74, 6) is 0.711. The highest BCUT2D eigenvalue weighted by atomic mass is 16.1. The third-order valence-electron chi connectivity index (χ3n) is 4.75. The van der Waals surface area contributed by atoms with Crippen molar-refractivity contribution < 1.29 is 0 Å². The van der Waals surface area contributed by atoms with Crippen LogP contribution in [0.3, 0.4) is 0 Å². The molecular weight excluding hydrogens is 260 g/mol. The molecule has 1 aliphatic carbocycles. The lowest BCUT2D eigenvalue weighted by molar-refractivity contribution is 0.364. The zero-order valence-corrected chi connectivity index (χ0v) is 12.7. The minimum atomic E-state index is 0.145. The highest BCUT2D eigenvalue weighted by molar-refractivity contribution is 5.81. The van der Waals surface area contributed by atoms with Crippen LogP contribution in [-0.4, -0.2) is 17.2 Å². The molecule has 0 spiro atoms. The van der Waals surface area contributed by atoms with Crippen molar-refractivity contribution in [3.8, 4) is 0 Å². The molecule has 1 aromatic heterocycles. The number of benzene rings is 1. The van der Waals surface area contributed by atoms with Gasteiger partial charge < -0.3 is 9.88 Å². The Morgan fingerprint density at radius 1 is 1.24 bits per heavy atom. The SMILES string of the molecule is CCNC1CCCC1CCn1ccc2ccccc2c1=O. The molecular formula is C18H24N2O. The number of aromatic nitrogens is 1. The van der Waals surface area contributed by atoms with Crippen molar-refractivity contribution >= 4 is 10.8 Å². The van der Waals surface area contributed by atoms with Crippen molar-refractivity contribution in [2.24, 2.45) is 5.92 Å². The van der Waals surface area contributed by atoms with Crippen molar-refractivity contribution in [2.75, 3.05) is 6.54 Å². The third-order valence-corrected chi connectivity index (χ3v) is 4.75. The van der Waals surface area contributed by atoms with E-state index in [1.807, 2.05) is 41.1 Å². The van der Waals surface area contributed by atoms with E-state index in [0.29, 0.717) is 12.0 Å². The molecule has 0 bridgehead atoms. The Hall–Kier alpha value is -1.61. The number of aryl methyl sites for hydroxylation is 1. The fourth-order valence-electron chi connectivity index (χ4n) is 3.62. The van der Waals surface area contributed by atoms with Crippen LogP contribution in [-0.2, 0) is 6.54 Å². The van der Waals surface area contributed by atoms with E-state index in [2.05, 4.69) is 12.2 Å². The van der Waals surface area contributed by atoms with Gasteiger partial charge in [-0.25, -0.2) is 0 Å². The molecule has 3 rings (SSSR count). The minimum Gasteiger partial charge on any atom is -0.315 e. The van der Waals surface area contributed by atoms with E-state index in [0.717, 1.165) is 30.3 Å². The molecule has 1 aliphatic rings. The monoisotopic (exact) mass is 284 g/mol. The number of rotatable bonds is 5. The van der Waals surface area contributed by atoms with E-state index in [9.17, 15) is 4.79 Å². The lowest BCUT2D eigenvalue weighted by Gasteiger charge is -2.20. The van der Waals surface area contributed by atoms with Crippen LogP contribution in [0.4, 0.5) is 0 Å². The fraction of sp³-hybridized carbons (Fsp3) is 0.500. The van der Waals surface area contributed by atoms with Gasteiger partial charge in [-0.05, 0) is 49.2 Å². The summed E-state index contributed by atoms with van der Waals surface area (Å²) in [6.45, 7) is 4.04. The summed E-state index contributed by atoms with van der Waals surface area (Å²) in [5.41, 5.74) is 0.145. The molecule has 112 valence electrons. The molecule has 1 heterocycles. The number of nitrogens with one attached hydrogen (secondary N) is 1. The Morgan fingerprint density at radius 3 is 2.95 bits per heavy atom. The maximum Gasteiger partial charge on any atom is 0.258 e. The molecule has 1 saturated carbocycles. The van der Waals surface area contributed by atoms with Gasteiger partial charge in [-0.1, -0.05) is 31.5 Å². The summed E-state index contributed by atoms with van der Waals surface area (Å²) < 4.78 is 1.88. The summed E-state index contributed by atoms with van der Waals surface area (Å²) in [6, 6.07) is 10.5. The summed E-state index contributed by atoms with van der Waals surface area (Å²) in [4.78, 5) is 12.5. The Kier molecular flexibility index (Phi) is 4.39. The smallest absolute Gasteiger partial charge is 0.258 e. The molecule has 2 aromatic rings. The molecule has 1 fully saturated rings. The average molecular weight is 284 g/mol. The Bertz CT molecular complexity index is 662. The predicted octanol–water partition coefficient (Wildman–Crippen LogP) is 3.17. The van der Waals surface area contributed by atoms with Crippen molar-refractivity contribution in [3.63, 3.8) is 0 Å². The zero-order valence-electron chi connectivity index (χ0n) is 12.7. The minimum absolute atomic E-state index is 0.145. The lowest BCUT2D eigenvalue weighted by Crippen LogP contribution is -2.33. The quantitative estimate of drug-likeness (QED) is 0.915. The molecule has 1 aromatic carbocycles. The van der Waals surface area contributed by atoms with Gasteiger partial charge in [0.2, 0.25) is 0 Å². The number of fused-ring (bicyclic) bond motifs is 1. The Balaban J connectivity index is 1.73. The van der Waals surface area contributed by atoms with Gasteiger partial charge >= 0.3 is 0 Å². The summed E-state index contributed by atoms with van der Waals surface area (Å²) >= 11 is 0. The normalized spacial score (nSPS) is 22.0. The first-order valence-electron chi connectivity index (χ1n) is 8.11. The molecule has 1 N–H and O–H groups in total. The third kappa shape index (κ3) is 3.03. The fourth-order valence-corrected chi connectivity index (χ4v) is 3.62. The van der Waals surface area contributed by atoms with Crippen LogP contribution in [0.1, 0.15) is 32.6 Å². The molecule has 2 unspecified atom stereocenters. The van der Waals surface area contributed by atoms with Gasteiger partial charge in [0.05, 0.1) is 0 Å². The molecule has 0 amide bonds. The molecule has 3 nitrogen and oxygen atoms in total. The first kappa shape index (κ1) is 14.3. The van der Waals surface area contributed by atoms with Crippen molar-refractivity contribution in [3.05, 3.63) is 46.9 Å². The van der Waals surface area contributed by atoms with Crippen molar-refractivity contribution in [2.45, 2.75) is 45.2 Å². The topological polar surface area (TPSA) is 34.0 Å². The maximum absolute atomic E-state index is 12.5. The summed E-state index contributed by atoms with van der Waals surface area (Å²) in [6.07, 6.45) is 6.93. The van der Waals surface area contributed by atoms with Gasteiger partial charge in [-0.15, -0.1) is 0 Å². The van der Waals surface area contributed by atoms with Gasteiger partial charge in [0, 0.05) is 24.2 Å². The van der Waals surface area contributed by atoms with Crippen LogP contribution >= 0.6 is 0 Å². The van der Waals surface area contributed by atoms with E-state index in [1.54, 1.807) is 0 Å². The second-order valence-electron chi connectivity index (χ2n) is 6.05. The van der Waals surface area contributed by atoms with Crippen molar-refractivity contribution in [1.29, 1.82) is 0 Å². The summed E-state index contributed by atoms with van der Waals surface area (Å²) in [5, 5.41) is 5.45. The Morgan fingerprint density at radius 2 is 2.10 bits per heavy atom. The van der Waals surface area contributed by atoms with E-state index in [-0.39, 0.29) is 5.56 Å². The molecule has 2 atom stereocenters.